The smallest absolute Gasteiger partial charge is 0.295 e. The Morgan fingerprint density at radius 3 is 2.25 bits per heavy atom. The van der Waals surface area contributed by atoms with Crippen molar-refractivity contribution in [1.82, 2.24) is 0 Å². The van der Waals surface area contributed by atoms with Crippen LogP contribution < -0.4 is 0 Å². The highest BCUT2D eigenvalue weighted by Gasteiger charge is 2.22. The van der Waals surface area contributed by atoms with E-state index in [4.69, 9.17) is 5.26 Å². The Morgan fingerprint density at radius 2 is 1.81 bits per heavy atom. The van der Waals surface area contributed by atoms with Crippen LogP contribution in [0.2, 0.25) is 0 Å². The lowest BCUT2D eigenvalue weighted by atomic mass is 9.81. The van der Waals surface area contributed by atoms with Crippen LogP contribution in [0.5, 0.6) is 0 Å². The highest BCUT2D eigenvalue weighted by molar-refractivity contribution is 5.92. The number of aryl methyl sites for hydroxylation is 1. The number of benzene rings is 1. The molecule has 0 bridgehead atoms. The van der Waals surface area contributed by atoms with E-state index in [2.05, 4.69) is 25.7 Å². The molecule has 0 aromatic heterocycles. The summed E-state index contributed by atoms with van der Waals surface area (Å²) in [4.78, 5) is 15.3. The quantitative estimate of drug-likeness (QED) is 0.586. The lowest BCUT2D eigenvalue weighted by Crippen LogP contribution is -2.17. The predicted molar refractivity (Wildman–Crippen MR) is 62.7 cm³/mol. The summed E-state index contributed by atoms with van der Waals surface area (Å²) in [7, 11) is 0. The summed E-state index contributed by atoms with van der Waals surface area (Å²) >= 11 is 0. The van der Waals surface area contributed by atoms with E-state index in [1.165, 1.54) is 0 Å². The molecule has 3 nitrogen and oxygen atoms in total. The molecule has 0 unspecified atom stereocenters. The summed E-state index contributed by atoms with van der Waals surface area (Å²) in [6.45, 7) is 9.95. The third-order valence-electron chi connectivity index (χ3n) is 2.77. The fraction of sp³-hybridized carbons (Fsp3) is 0.462. The molecule has 0 fully saturated rings. The van der Waals surface area contributed by atoms with E-state index in [1.807, 2.05) is 26.0 Å². The molecule has 0 amide bonds. The molecule has 0 spiro atoms. The number of carbonyl (C=O) groups is 1. The van der Waals surface area contributed by atoms with Crippen molar-refractivity contribution in [1.29, 1.82) is 0 Å². The zero-order valence-corrected chi connectivity index (χ0v) is 10.4. The topological polar surface area (TPSA) is 46.5 Å². The van der Waals surface area contributed by atoms with E-state index in [-0.39, 0.29) is 5.41 Å². The lowest BCUT2D eigenvalue weighted by molar-refractivity contribution is -0.182. The molecule has 16 heavy (non-hydrogen) atoms. The van der Waals surface area contributed by atoms with Gasteiger partial charge in [-0.05, 0) is 36.0 Å². The molecule has 1 aromatic rings. The van der Waals surface area contributed by atoms with Gasteiger partial charge >= 0.3 is 5.97 Å². The van der Waals surface area contributed by atoms with Gasteiger partial charge in [-0.25, -0.2) is 4.79 Å². The van der Waals surface area contributed by atoms with Crippen LogP contribution in [0.25, 0.3) is 0 Å². The second-order valence-electron chi connectivity index (χ2n) is 5.06. The maximum Gasteiger partial charge on any atom is 0.373 e. The van der Waals surface area contributed by atoms with Gasteiger partial charge in [0.05, 0.1) is 5.56 Å². The van der Waals surface area contributed by atoms with Gasteiger partial charge in [0.1, 0.15) is 0 Å². The number of hydrogen-bond donors (Lipinski definition) is 1. The van der Waals surface area contributed by atoms with Crippen LogP contribution in [0.15, 0.2) is 12.1 Å². The molecular weight excluding hydrogens is 204 g/mol. The zero-order valence-electron chi connectivity index (χ0n) is 10.4. The van der Waals surface area contributed by atoms with Gasteiger partial charge in [-0.1, -0.05) is 32.9 Å². The summed E-state index contributed by atoms with van der Waals surface area (Å²) in [5, 5.41) is 8.48. The van der Waals surface area contributed by atoms with Crippen LogP contribution in [-0.2, 0) is 10.3 Å². The van der Waals surface area contributed by atoms with Gasteiger partial charge in [0.25, 0.3) is 0 Å². The van der Waals surface area contributed by atoms with Crippen LogP contribution >= 0.6 is 0 Å². The van der Waals surface area contributed by atoms with Gasteiger partial charge in [0, 0.05) is 0 Å². The van der Waals surface area contributed by atoms with Crippen LogP contribution in [-0.4, -0.2) is 11.2 Å². The molecule has 88 valence electrons. The summed E-state index contributed by atoms with van der Waals surface area (Å²) < 4.78 is 0. The van der Waals surface area contributed by atoms with Crippen molar-refractivity contribution in [3.8, 4) is 0 Å². The molecule has 1 rings (SSSR count). The van der Waals surface area contributed by atoms with Crippen LogP contribution in [0.1, 0.15) is 47.8 Å². The van der Waals surface area contributed by atoms with Crippen LogP contribution in [0, 0.1) is 13.8 Å². The van der Waals surface area contributed by atoms with Crippen molar-refractivity contribution in [2.24, 2.45) is 0 Å². The van der Waals surface area contributed by atoms with E-state index < -0.39 is 5.97 Å². The average molecular weight is 222 g/mol. The fourth-order valence-electron chi connectivity index (χ4n) is 2.02. The number of rotatable bonds is 1. The van der Waals surface area contributed by atoms with Crippen molar-refractivity contribution < 1.29 is 14.9 Å². The monoisotopic (exact) mass is 222 g/mol. The van der Waals surface area contributed by atoms with Gasteiger partial charge in [0.2, 0.25) is 0 Å². The Hall–Kier alpha value is -1.35. The minimum Gasteiger partial charge on any atom is -0.295 e. The maximum atomic E-state index is 11.5. The molecule has 0 saturated carbocycles. The van der Waals surface area contributed by atoms with Crippen molar-refractivity contribution in [2.75, 3.05) is 0 Å². The van der Waals surface area contributed by atoms with E-state index in [0.29, 0.717) is 5.56 Å². The summed E-state index contributed by atoms with van der Waals surface area (Å²) in [6, 6.07) is 3.89. The molecule has 0 saturated heterocycles. The van der Waals surface area contributed by atoms with Gasteiger partial charge in [-0.3, -0.25) is 4.89 Å². The van der Waals surface area contributed by atoms with Gasteiger partial charge < -0.3 is 0 Å². The molecule has 1 aromatic carbocycles. The fourth-order valence-corrected chi connectivity index (χ4v) is 2.02. The van der Waals surface area contributed by atoms with Gasteiger partial charge in [0.15, 0.2) is 0 Å². The first-order valence-electron chi connectivity index (χ1n) is 5.25. The number of carbonyl (C=O) groups excluding carboxylic acids is 1. The third-order valence-corrected chi connectivity index (χ3v) is 2.77. The zero-order chi connectivity index (χ0) is 12.5. The molecule has 0 aliphatic heterocycles. The highest BCUT2D eigenvalue weighted by atomic mass is 17.1. The Morgan fingerprint density at radius 1 is 1.25 bits per heavy atom. The Labute approximate surface area is 96.0 Å². The van der Waals surface area contributed by atoms with Gasteiger partial charge in [-0.15, -0.1) is 0 Å². The van der Waals surface area contributed by atoms with Crippen molar-refractivity contribution in [3.63, 3.8) is 0 Å². The molecule has 0 heterocycles. The third kappa shape index (κ3) is 2.25. The van der Waals surface area contributed by atoms with E-state index in [1.54, 1.807) is 0 Å². The Kier molecular flexibility index (Phi) is 3.38. The highest BCUT2D eigenvalue weighted by Crippen LogP contribution is 2.29. The van der Waals surface area contributed by atoms with Crippen LogP contribution in [0.4, 0.5) is 0 Å². The van der Waals surface area contributed by atoms with E-state index >= 15 is 0 Å². The first kappa shape index (κ1) is 12.7. The molecule has 1 N–H and O–H groups in total. The molecule has 3 heteroatoms. The summed E-state index contributed by atoms with van der Waals surface area (Å²) in [6.07, 6.45) is 0. The standard InChI is InChI=1S/C13H18O3/c1-8-6-7-10(13(3,4)5)9(2)11(8)12(14)16-15/h6-7,15H,1-5H3. The Balaban J connectivity index is 3.45. The first-order valence-corrected chi connectivity index (χ1v) is 5.25. The van der Waals surface area contributed by atoms with Crippen molar-refractivity contribution in [2.45, 2.75) is 40.0 Å². The minimum absolute atomic E-state index is 0.0394. The molecule has 0 aliphatic carbocycles. The SMILES string of the molecule is Cc1ccc(C(C)(C)C)c(C)c1C(=O)OO. The molecule has 0 aliphatic rings. The molecule has 0 radical (unpaired) electrons. The van der Waals surface area contributed by atoms with Crippen molar-refractivity contribution >= 4 is 5.97 Å². The van der Waals surface area contributed by atoms with E-state index in [0.717, 1.165) is 16.7 Å². The van der Waals surface area contributed by atoms with Gasteiger partial charge in [-0.2, -0.15) is 5.26 Å². The second kappa shape index (κ2) is 4.26. The second-order valence-corrected chi connectivity index (χ2v) is 5.06. The first-order chi connectivity index (χ1) is 7.29. The minimum atomic E-state index is -0.693. The predicted octanol–water partition coefficient (Wildman–Crippen LogP) is 3.23. The average Bonchev–Trinajstić information content (AvgIpc) is 2.15. The van der Waals surface area contributed by atoms with Crippen LogP contribution in [0.3, 0.4) is 0 Å². The lowest BCUT2D eigenvalue weighted by Gasteiger charge is -2.23. The summed E-state index contributed by atoms with van der Waals surface area (Å²) in [5.41, 5.74) is 3.17. The summed E-state index contributed by atoms with van der Waals surface area (Å²) in [5.74, 6) is -0.693. The normalized spacial score (nSPS) is 11.4. The maximum absolute atomic E-state index is 11.5. The molecule has 0 atom stereocenters. The van der Waals surface area contributed by atoms with Crippen molar-refractivity contribution in [3.05, 3.63) is 34.4 Å². The molecular formula is C13H18O3. The largest absolute Gasteiger partial charge is 0.373 e. The number of hydrogen-bond acceptors (Lipinski definition) is 3. The Bertz CT molecular complexity index is 414. The van der Waals surface area contributed by atoms with E-state index in [9.17, 15) is 4.79 Å².